The standard InChI is InChI=1S/C11H12BrClN2O4/c1-6-8(16)4-11(13,19-6)15-5-7(2-3-12)9(17)14-10(15)18/h2-3,5-6,8,16H,4H2,1H3,(H,14,17,18)/b3-2+/t6-,8+,11+/m1/s1. The van der Waals surface area contributed by atoms with E-state index >= 15 is 0 Å². The minimum atomic E-state index is -1.49. The minimum absolute atomic E-state index is 0.0547. The topological polar surface area (TPSA) is 84.3 Å². The third-order valence-electron chi connectivity index (χ3n) is 2.94. The van der Waals surface area contributed by atoms with E-state index in [9.17, 15) is 14.7 Å². The van der Waals surface area contributed by atoms with Crippen LogP contribution in [0.15, 0.2) is 20.8 Å². The smallest absolute Gasteiger partial charge is 0.331 e. The van der Waals surface area contributed by atoms with E-state index in [1.807, 2.05) is 0 Å². The number of rotatable bonds is 2. The molecule has 1 fully saturated rings. The lowest BCUT2D eigenvalue weighted by atomic mass is 10.2. The molecular weight excluding hydrogens is 339 g/mol. The first-order valence-electron chi connectivity index (χ1n) is 5.55. The number of nitrogens with one attached hydrogen (secondary N) is 1. The summed E-state index contributed by atoms with van der Waals surface area (Å²) >= 11 is 9.29. The van der Waals surface area contributed by atoms with E-state index in [2.05, 4.69) is 20.9 Å². The summed E-state index contributed by atoms with van der Waals surface area (Å²) in [4.78, 5) is 27.0. The lowest BCUT2D eigenvalue weighted by molar-refractivity contribution is -0.0398. The maximum atomic E-state index is 11.8. The van der Waals surface area contributed by atoms with Gasteiger partial charge in [-0.25, -0.2) is 4.79 Å². The molecule has 1 aromatic rings. The van der Waals surface area contributed by atoms with Gasteiger partial charge in [-0.05, 0) is 18.0 Å². The van der Waals surface area contributed by atoms with Crippen LogP contribution in [-0.2, 0) is 9.92 Å². The maximum absolute atomic E-state index is 11.8. The van der Waals surface area contributed by atoms with Crippen LogP contribution in [-0.4, -0.2) is 26.9 Å². The second kappa shape index (κ2) is 5.24. The number of aromatic nitrogens is 2. The summed E-state index contributed by atoms with van der Waals surface area (Å²) in [5.41, 5.74) is -0.967. The van der Waals surface area contributed by atoms with Crippen LogP contribution in [0, 0.1) is 0 Å². The Kier molecular flexibility index (Phi) is 4.00. The summed E-state index contributed by atoms with van der Waals surface area (Å²) in [6, 6.07) is 0. The molecule has 104 valence electrons. The second-order valence-corrected chi connectivity index (χ2v) is 5.41. The number of aliphatic hydroxyl groups is 1. The number of halogens is 2. The zero-order valence-electron chi connectivity index (χ0n) is 9.97. The van der Waals surface area contributed by atoms with Gasteiger partial charge in [0.05, 0.1) is 17.8 Å². The van der Waals surface area contributed by atoms with Gasteiger partial charge in [0, 0.05) is 12.6 Å². The molecule has 1 saturated heterocycles. The van der Waals surface area contributed by atoms with Crippen molar-refractivity contribution >= 4 is 33.6 Å². The number of aliphatic hydroxyl groups excluding tert-OH is 1. The molecule has 0 radical (unpaired) electrons. The van der Waals surface area contributed by atoms with E-state index in [4.69, 9.17) is 16.3 Å². The molecule has 8 heteroatoms. The Bertz CT molecular complexity index is 614. The van der Waals surface area contributed by atoms with Gasteiger partial charge in [-0.1, -0.05) is 27.5 Å². The Morgan fingerprint density at radius 2 is 2.37 bits per heavy atom. The van der Waals surface area contributed by atoms with Crippen LogP contribution >= 0.6 is 27.5 Å². The molecule has 0 aliphatic carbocycles. The van der Waals surface area contributed by atoms with Crippen LogP contribution in [0.1, 0.15) is 18.9 Å². The minimum Gasteiger partial charge on any atom is -0.390 e. The highest BCUT2D eigenvalue weighted by Crippen LogP contribution is 2.37. The summed E-state index contributed by atoms with van der Waals surface area (Å²) in [5.74, 6) is 0. The van der Waals surface area contributed by atoms with E-state index < -0.39 is 28.6 Å². The molecule has 3 atom stereocenters. The Morgan fingerprint density at radius 3 is 2.89 bits per heavy atom. The van der Waals surface area contributed by atoms with Crippen LogP contribution < -0.4 is 11.2 Å². The summed E-state index contributed by atoms with van der Waals surface area (Å²) in [6.07, 6.45) is 1.57. The van der Waals surface area contributed by atoms with Crippen LogP contribution in [0.5, 0.6) is 0 Å². The predicted octanol–water partition coefficient (Wildman–Crippen LogP) is 0.921. The normalized spacial score (nSPS) is 31.2. The van der Waals surface area contributed by atoms with Crippen molar-refractivity contribution in [3.63, 3.8) is 0 Å². The van der Waals surface area contributed by atoms with Crippen molar-refractivity contribution in [1.82, 2.24) is 9.55 Å². The zero-order valence-corrected chi connectivity index (χ0v) is 12.3. The number of hydrogen-bond donors (Lipinski definition) is 2. The summed E-state index contributed by atoms with van der Waals surface area (Å²) in [5, 5.41) is 8.20. The summed E-state index contributed by atoms with van der Waals surface area (Å²) in [6.45, 7) is 1.66. The molecule has 0 spiro atoms. The molecule has 6 nitrogen and oxygen atoms in total. The van der Waals surface area contributed by atoms with Crippen molar-refractivity contribution in [3.05, 3.63) is 37.6 Å². The fourth-order valence-corrected chi connectivity index (χ4v) is 2.62. The highest BCUT2D eigenvalue weighted by atomic mass is 79.9. The number of aromatic amines is 1. The van der Waals surface area contributed by atoms with E-state index in [0.29, 0.717) is 0 Å². The number of ether oxygens (including phenoxy) is 1. The van der Waals surface area contributed by atoms with E-state index in [0.717, 1.165) is 4.57 Å². The van der Waals surface area contributed by atoms with Crippen molar-refractivity contribution in [1.29, 1.82) is 0 Å². The van der Waals surface area contributed by atoms with Crippen LogP contribution in [0.25, 0.3) is 6.08 Å². The molecule has 2 N–H and O–H groups in total. The second-order valence-electron chi connectivity index (χ2n) is 4.29. The monoisotopic (exact) mass is 350 g/mol. The largest absolute Gasteiger partial charge is 0.390 e. The maximum Gasteiger partial charge on any atom is 0.331 e. The van der Waals surface area contributed by atoms with Crippen molar-refractivity contribution in [2.75, 3.05) is 0 Å². The van der Waals surface area contributed by atoms with E-state index in [1.165, 1.54) is 17.3 Å². The third kappa shape index (κ3) is 2.69. The SMILES string of the molecule is C[C@H]1O[C@@](Cl)(n2cc(/C=C/Br)c(=O)[nH]c2=O)C[C@@H]1O. The van der Waals surface area contributed by atoms with Crippen molar-refractivity contribution in [2.24, 2.45) is 0 Å². The average molecular weight is 352 g/mol. The van der Waals surface area contributed by atoms with Gasteiger partial charge in [0.25, 0.3) is 5.56 Å². The lowest BCUT2D eigenvalue weighted by Crippen LogP contribution is -2.41. The van der Waals surface area contributed by atoms with Gasteiger partial charge in [0.2, 0.25) is 5.18 Å². The molecular formula is C11H12BrClN2O4. The van der Waals surface area contributed by atoms with Crippen LogP contribution in [0.4, 0.5) is 0 Å². The van der Waals surface area contributed by atoms with Crippen molar-refractivity contribution in [2.45, 2.75) is 30.7 Å². The molecule has 1 aromatic heterocycles. The fourth-order valence-electron chi connectivity index (χ4n) is 1.91. The van der Waals surface area contributed by atoms with Gasteiger partial charge in [0.1, 0.15) is 0 Å². The zero-order chi connectivity index (χ0) is 14.2. The number of alkyl halides is 1. The average Bonchev–Trinajstić information content (AvgIpc) is 2.57. The van der Waals surface area contributed by atoms with Gasteiger partial charge >= 0.3 is 5.69 Å². The quantitative estimate of drug-likeness (QED) is 0.776. The Hall–Kier alpha value is -0.890. The molecule has 1 aliphatic heterocycles. The molecule has 0 saturated carbocycles. The Balaban J connectivity index is 2.54. The molecule has 19 heavy (non-hydrogen) atoms. The van der Waals surface area contributed by atoms with E-state index in [1.54, 1.807) is 6.92 Å². The first-order valence-corrected chi connectivity index (χ1v) is 6.85. The van der Waals surface area contributed by atoms with Crippen LogP contribution in [0.3, 0.4) is 0 Å². The predicted molar refractivity (Wildman–Crippen MR) is 74.3 cm³/mol. The summed E-state index contributed by atoms with van der Waals surface area (Å²) < 4.78 is 6.50. The third-order valence-corrected chi connectivity index (χ3v) is 3.63. The number of H-pyrrole nitrogens is 1. The van der Waals surface area contributed by atoms with E-state index in [-0.39, 0.29) is 12.0 Å². The summed E-state index contributed by atoms with van der Waals surface area (Å²) in [7, 11) is 0. The van der Waals surface area contributed by atoms with Crippen molar-refractivity contribution < 1.29 is 9.84 Å². The van der Waals surface area contributed by atoms with Crippen LogP contribution in [0.2, 0.25) is 0 Å². The first-order chi connectivity index (χ1) is 8.87. The Morgan fingerprint density at radius 1 is 1.68 bits per heavy atom. The molecule has 0 unspecified atom stereocenters. The molecule has 2 rings (SSSR count). The molecule has 0 bridgehead atoms. The highest BCUT2D eigenvalue weighted by Gasteiger charge is 2.45. The molecule has 1 aliphatic rings. The molecule has 2 heterocycles. The van der Waals surface area contributed by atoms with Crippen molar-refractivity contribution in [3.8, 4) is 0 Å². The molecule has 0 amide bonds. The number of nitrogens with zero attached hydrogens (tertiary/aromatic N) is 1. The lowest BCUT2D eigenvalue weighted by Gasteiger charge is -2.23. The van der Waals surface area contributed by atoms with Gasteiger partial charge in [-0.15, -0.1) is 0 Å². The number of hydrogen-bond acceptors (Lipinski definition) is 4. The highest BCUT2D eigenvalue weighted by molar-refractivity contribution is 9.11. The van der Waals surface area contributed by atoms with Gasteiger partial charge in [0.15, 0.2) is 0 Å². The van der Waals surface area contributed by atoms with Gasteiger partial charge in [-0.2, -0.15) is 0 Å². The van der Waals surface area contributed by atoms with Gasteiger partial charge < -0.3 is 9.84 Å². The Labute approximate surface area is 121 Å². The molecule has 0 aromatic carbocycles. The fraction of sp³-hybridized carbons (Fsp3) is 0.455. The first kappa shape index (κ1) is 14.5. The van der Waals surface area contributed by atoms with Gasteiger partial charge in [-0.3, -0.25) is 14.3 Å².